The van der Waals surface area contributed by atoms with Gasteiger partial charge >= 0.3 is 12.1 Å². The lowest BCUT2D eigenvalue weighted by atomic mass is 9.83. The highest BCUT2D eigenvalue weighted by molar-refractivity contribution is 7.81. The van der Waals surface area contributed by atoms with Crippen LogP contribution in [-0.2, 0) is 39.8 Å². The van der Waals surface area contributed by atoms with Crippen LogP contribution in [0.1, 0.15) is 72.8 Å². The van der Waals surface area contributed by atoms with Gasteiger partial charge in [0.1, 0.15) is 40.7 Å². The van der Waals surface area contributed by atoms with E-state index in [1.54, 1.807) is 52.1 Å². The third-order valence-corrected chi connectivity index (χ3v) is 11.1. The maximum Gasteiger partial charge on any atom is 0.409 e. The number of carbonyl (C=O) groups excluding carboxylic acids is 4. The average molecular weight is 780 g/mol. The number of esters is 1. The van der Waals surface area contributed by atoms with Gasteiger partial charge in [-0.25, -0.2) is 9.59 Å². The lowest BCUT2D eigenvalue weighted by Gasteiger charge is -2.42. The second-order valence-electron chi connectivity index (χ2n) is 15.2. The first-order valence-electron chi connectivity index (χ1n) is 17.7. The summed E-state index contributed by atoms with van der Waals surface area (Å²) in [5.41, 5.74) is -0.916. The van der Waals surface area contributed by atoms with Gasteiger partial charge in [-0.05, 0) is 51.3 Å². The highest BCUT2D eigenvalue weighted by atomic mass is 35.5. The van der Waals surface area contributed by atoms with E-state index in [0.717, 1.165) is 11.1 Å². The van der Waals surface area contributed by atoms with E-state index in [9.17, 15) is 24.3 Å². The van der Waals surface area contributed by atoms with Crippen LogP contribution in [-0.4, -0.2) is 109 Å². The number of rotatable bonds is 8. The van der Waals surface area contributed by atoms with Gasteiger partial charge in [0, 0.05) is 44.7 Å². The van der Waals surface area contributed by atoms with E-state index in [-0.39, 0.29) is 34.9 Å². The fourth-order valence-electron chi connectivity index (χ4n) is 6.81. The number of epoxide rings is 1. The van der Waals surface area contributed by atoms with Gasteiger partial charge in [-0.15, -0.1) is 0 Å². The number of ether oxygens (including phenoxy) is 5. The summed E-state index contributed by atoms with van der Waals surface area (Å²) in [5, 5.41) is 14.5. The molecule has 0 spiro atoms. The quantitative estimate of drug-likeness (QED) is 0.187. The number of anilines is 1. The molecule has 4 rings (SSSR count). The number of hydrogen-bond acceptors (Lipinski definition) is 11. The summed E-state index contributed by atoms with van der Waals surface area (Å²) in [4.78, 5) is 56.5. The van der Waals surface area contributed by atoms with Crippen molar-refractivity contribution in [3.8, 4) is 5.75 Å². The number of thiol groups is 1. The molecular formula is C38H54ClN3O10S. The first-order chi connectivity index (χ1) is 24.6. The molecule has 3 heterocycles. The summed E-state index contributed by atoms with van der Waals surface area (Å²) in [6.45, 7) is 10.8. The minimum atomic E-state index is -1.83. The molecule has 1 aromatic carbocycles. The fraction of sp³-hybridized carbons (Fsp3) is 0.632. The lowest BCUT2D eigenvalue weighted by molar-refractivity contribution is -0.162. The van der Waals surface area contributed by atoms with Crippen molar-refractivity contribution in [1.29, 1.82) is 0 Å². The van der Waals surface area contributed by atoms with Crippen LogP contribution in [0.2, 0.25) is 5.02 Å². The number of methoxy groups -OCH3 is 2. The fourth-order valence-corrected chi connectivity index (χ4v) is 7.23. The van der Waals surface area contributed by atoms with Crippen LogP contribution < -0.4 is 15.0 Å². The van der Waals surface area contributed by atoms with Crippen LogP contribution >= 0.6 is 24.2 Å². The van der Waals surface area contributed by atoms with E-state index >= 15 is 0 Å². The Kier molecular flexibility index (Phi) is 13.3. The molecule has 2 N–H and O–H groups in total. The molecule has 8 atom stereocenters. The van der Waals surface area contributed by atoms with Crippen molar-refractivity contribution in [2.75, 3.05) is 33.2 Å². The number of halogens is 1. The number of likely N-dealkylation sites (N-methyl/N-ethyl adjacent to an activating group) is 1. The van der Waals surface area contributed by atoms with Gasteiger partial charge in [0.05, 0.1) is 25.3 Å². The van der Waals surface area contributed by atoms with E-state index in [1.165, 1.54) is 31.1 Å². The normalized spacial score (nSPS) is 31.5. The molecule has 4 bridgehead atoms. The monoisotopic (exact) mass is 779 g/mol. The lowest BCUT2D eigenvalue weighted by Crippen LogP contribution is -2.63. The van der Waals surface area contributed by atoms with Crippen LogP contribution in [0.15, 0.2) is 35.9 Å². The van der Waals surface area contributed by atoms with Crippen LogP contribution in [0.25, 0.3) is 0 Å². The predicted molar refractivity (Wildman–Crippen MR) is 203 cm³/mol. The molecule has 0 unspecified atom stereocenters. The molecule has 294 valence electrons. The van der Waals surface area contributed by atoms with Crippen molar-refractivity contribution in [3.05, 3.63) is 46.5 Å². The number of benzene rings is 1. The zero-order valence-electron chi connectivity index (χ0n) is 32.2. The Labute approximate surface area is 322 Å². The summed E-state index contributed by atoms with van der Waals surface area (Å²) >= 11 is 11.3. The van der Waals surface area contributed by atoms with Gasteiger partial charge in [-0.1, -0.05) is 56.2 Å². The first kappa shape index (κ1) is 42.4. The Morgan fingerprint density at radius 2 is 1.94 bits per heavy atom. The van der Waals surface area contributed by atoms with Crippen molar-refractivity contribution in [2.24, 2.45) is 5.92 Å². The molecular weight excluding hydrogens is 726 g/mol. The second kappa shape index (κ2) is 16.6. The smallest absolute Gasteiger partial charge is 0.409 e. The SMILES string of the molecule is COc1cc2cc(c1Cl)N(C)C(=O)C[C@@H](OC(=O)[C@H](C)N(C)C(=O)CCC(C)(C)S)[C@]1(C)O[C@H]1[C@H](C)[C@@H]1C[C@@](O)(NC(=O)O1)[C@H](OC)/C=C/C=C(\C)C2. The Balaban J connectivity index is 1.74. The van der Waals surface area contributed by atoms with Crippen molar-refractivity contribution in [1.82, 2.24) is 10.2 Å². The highest BCUT2D eigenvalue weighted by Crippen LogP contribution is 2.49. The molecule has 1 aromatic rings. The molecule has 3 amide bonds. The molecule has 0 saturated carbocycles. The van der Waals surface area contributed by atoms with Gasteiger partial charge in [0.15, 0.2) is 5.72 Å². The summed E-state index contributed by atoms with van der Waals surface area (Å²) in [7, 11) is 6.02. The Bertz CT molecular complexity index is 1630. The van der Waals surface area contributed by atoms with Gasteiger partial charge in [0.25, 0.3) is 0 Å². The number of allylic oxidation sites excluding steroid dienone is 3. The maximum atomic E-state index is 14.1. The molecule has 53 heavy (non-hydrogen) atoms. The molecule has 15 heteroatoms. The highest BCUT2D eigenvalue weighted by Gasteiger charge is 2.64. The minimum absolute atomic E-state index is 0.0509. The largest absolute Gasteiger partial charge is 0.495 e. The number of alkyl carbamates (subject to hydrolysis) is 1. The molecule has 2 fully saturated rings. The molecule has 2 saturated heterocycles. The number of aliphatic hydroxyl groups is 1. The summed E-state index contributed by atoms with van der Waals surface area (Å²) < 4.78 is 28.8. The third-order valence-electron chi connectivity index (χ3n) is 10.5. The van der Waals surface area contributed by atoms with Crippen molar-refractivity contribution < 1.29 is 48.0 Å². The van der Waals surface area contributed by atoms with E-state index in [1.807, 2.05) is 26.8 Å². The first-order valence-corrected chi connectivity index (χ1v) is 18.5. The predicted octanol–water partition coefficient (Wildman–Crippen LogP) is 5.00. The van der Waals surface area contributed by atoms with E-state index in [4.69, 9.17) is 35.3 Å². The third kappa shape index (κ3) is 9.88. The van der Waals surface area contributed by atoms with Gasteiger partial charge < -0.3 is 38.6 Å². The van der Waals surface area contributed by atoms with Crippen LogP contribution in [0, 0.1) is 5.92 Å². The summed E-state index contributed by atoms with van der Waals surface area (Å²) in [6.07, 6.45) is 1.61. The van der Waals surface area contributed by atoms with Gasteiger partial charge in [-0.2, -0.15) is 12.6 Å². The zero-order chi connectivity index (χ0) is 39.6. The van der Waals surface area contributed by atoms with Crippen LogP contribution in [0.3, 0.4) is 0 Å². The summed E-state index contributed by atoms with van der Waals surface area (Å²) in [6, 6.07) is 2.60. The average Bonchev–Trinajstić information content (AvgIpc) is 3.78. The molecule has 3 aliphatic heterocycles. The number of carbonyl (C=O) groups is 4. The van der Waals surface area contributed by atoms with Crippen molar-refractivity contribution in [2.45, 2.75) is 120 Å². The zero-order valence-corrected chi connectivity index (χ0v) is 33.9. The minimum Gasteiger partial charge on any atom is -0.495 e. The molecule has 0 radical (unpaired) electrons. The Morgan fingerprint density at radius 3 is 2.57 bits per heavy atom. The Hall–Kier alpha value is -3.30. The van der Waals surface area contributed by atoms with Gasteiger partial charge in [0.2, 0.25) is 11.8 Å². The number of nitrogens with one attached hydrogen (secondary N) is 1. The molecule has 0 aliphatic carbocycles. The summed E-state index contributed by atoms with van der Waals surface area (Å²) in [5.74, 6) is -1.58. The number of amides is 3. The number of hydrogen-bond donors (Lipinski definition) is 3. The maximum absolute atomic E-state index is 14.1. The number of nitrogens with zero attached hydrogens (tertiary/aromatic N) is 2. The topological polar surface area (TPSA) is 156 Å². The standard InChI is InChI=1S/C38H54ClN3O10S/c1-21-12-11-13-28(49-10)38(47)20-27(50-35(46)40-38)22(2)33-37(6,52-33)29(51-34(45)23(3)41(7)30(43)14-15-36(4,5)53)19-31(44)42(8)25-17-24(16-21)18-26(48-9)32(25)39/h11-13,17-18,22-23,27-29,33,47,53H,14-16,19-20H2,1-10H3,(H,40,46)/b13-11+,21-12+/t22-,23+,27+,28-,29-,33+,37+,38+/m1/s1. The van der Waals surface area contributed by atoms with Crippen molar-refractivity contribution in [3.63, 3.8) is 0 Å². The molecule has 3 aliphatic rings. The van der Waals surface area contributed by atoms with Crippen LogP contribution in [0.4, 0.5) is 10.5 Å². The van der Waals surface area contributed by atoms with Crippen LogP contribution in [0.5, 0.6) is 5.75 Å². The van der Waals surface area contributed by atoms with E-state index in [2.05, 4.69) is 17.9 Å². The second-order valence-corrected chi connectivity index (χ2v) is 16.8. The molecule has 0 aromatic heterocycles. The van der Waals surface area contributed by atoms with Crippen molar-refractivity contribution >= 4 is 53.8 Å². The Morgan fingerprint density at radius 1 is 1.26 bits per heavy atom. The number of fused-ring (bicyclic) bond motifs is 5. The van der Waals surface area contributed by atoms with E-state index in [0.29, 0.717) is 24.3 Å². The molecule has 13 nitrogen and oxygen atoms in total. The van der Waals surface area contributed by atoms with Gasteiger partial charge in [-0.3, -0.25) is 14.9 Å². The van der Waals surface area contributed by atoms with E-state index < -0.39 is 65.7 Å².